The van der Waals surface area contributed by atoms with Gasteiger partial charge in [0.25, 0.3) is 0 Å². The average molecular weight is 457 g/mol. The van der Waals surface area contributed by atoms with Gasteiger partial charge in [0.1, 0.15) is 6.10 Å². The molecule has 0 amide bonds. The molecule has 10 atom stereocenters. The second-order valence-corrected chi connectivity index (χ2v) is 13.7. The Bertz CT molecular complexity index is 752. The maximum Gasteiger partial charge on any atom is 0.302 e. The van der Waals surface area contributed by atoms with Crippen LogP contribution in [-0.2, 0) is 9.53 Å². The molecular weight excluding hydrogens is 404 g/mol. The molecule has 2 nitrogen and oxygen atoms in total. The molecule has 0 aromatic heterocycles. The van der Waals surface area contributed by atoms with Crippen LogP contribution in [0.15, 0.2) is 11.6 Å². The first kappa shape index (κ1) is 25.3. The lowest BCUT2D eigenvalue weighted by Gasteiger charge is -2.59. The fourth-order valence-corrected chi connectivity index (χ4v) is 9.35. The fraction of sp³-hybridized carbons (Fsp3) is 0.903. The minimum absolute atomic E-state index is 0.107. The maximum absolute atomic E-state index is 11.7. The molecule has 3 saturated carbocycles. The number of hydrogen-bond donors (Lipinski definition) is 0. The molecule has 0 bridgehead atoms. The van der Waals surface area contributed by atoms with E-state index in [9.17, 15) is 4.79 Å². The third-order valence-electron chi connectivity index (χ3n) is 11.8. The third-order valence-corrected chi connectivity index (χ3v) is 11.8. The first-order valence-electron chi connectivity index (χ1n) is 14.4. The lowest BCUT2D eigenvalue weighted by Crippen LogP contribution is -2.53. The van der Waals surface area contributed by atoms with E-state index in [0.29, 0.717) is 22.7 Å². The van der Waals surface area contributed by atoms with Gasteiger partial charge < -0.3 is 4.74 Å². The Labute approximate surface area is 204 Å². The van der Waals surface area contributed by atoms with Crippen LogP contribution in [0.3, 0.4) is 0 Å². The number of ether oxygens (including phenoxy) is 1. The summed E-state index contributed by atoms with van der Waals surface area (Å²) < 4.78 is 5.75. The van der Waals surface area contributed by atoms with E-state index >= 15 is 0 Å². The fourth-order valence-electron chi connectivity index (χ4n) is 9.35. The van der Waals surface area contributed by atoms with E-state index in [-0.39, 0.29) is 12.1 Å². The van der Waals surface area contributed by atoms with Gasteiger partial charge in [-0.2, -0.15) is 0 Å². The Morgan fingerprint density at radius 1 is 1.00 bits per heavy atom. The van der Waals surface area contributed by atoms with Crippen LogP contribution in [0.1, 0.15) is 113 Å². The first-order chi connectivity index (χ1) is 15.5. The van der Waals surface area contributed by atoms with Gasteiger partial charge in [0.05, 0.1) is 0 Å². The van der Waals surface area contributed by atoms with Crippen molar-refractivity contribution in [1.29, 1.82) is 0 Å². The van der Waals surface area contributed by atoms with Crippen LogP contribution in [0.5, 0.6) is 0 Å². The Kier molecular flexibility index (Phi) is 7.17. The molecule has 0 radical (unpaired) electrons. The van der Waals surface area contributed by atoms with E-state index in [2.05, 4.69) is 54.5 Å². The molecule has 0 aromatic carbocycles. The normalized spacial score (nSPS) is 44.3. The van der Waals surface area contributed by atoms with E-state index in [1.807, 2.05) is 5.57 Å². The topological polar surface area (TPSA) is 26.3 Å². The lowest BCUT2D eigenvalue weighted by molar-refractivity contribution is -0.158. The Morgan fingerprint density at radius 3 is 2.33 bits per heavy atom. The van der Waals surface area contributed by atoms with Crippen LogP contribution in [0.4, 0.5) is 0 Å². The molecule has 0 N–H and O–H groups in total. The molecule has 2 heteroatoms. The Hall–Kier alpha value is -0.790. The molecule has 0 aliphatic heterocycles. The zero-order valence-electron chi connectivity index (χ0n) is 23.0. The molecule has 33 heavy (non-hydrogen) atoms. The van der Waals surface area contributed by atoms with Gasteiger partial charge in [0, 0.05) is 6.92 Å². The standard InChI is InChI=1S/C31H52O2/c1-19(2)20(3)9-10-21(4)25-13-14-27-24-11-12-26-22(5)29(33-23(6)32)16-18-31(26,8)28(24)15-17-30(25,27)7/h11,19-22,25-29H,9-10,12-18H2,1-8H3/t20?,21?,22-,25?,26-,27?,28?,29?,30?,31?/m0/s1. The monoisotopic (exact) mass is 456 g/mol. The molecule has 4 aliphatic rings. The summed E-state index contributed by atoms with van der Waals surface area (Å²) in [5.41, 5.74) is 2.75. The van der Waals surface area contributed by atoms with Crippen molar-refractivity contribution < 1.29 is 9.53 Å². The van der Waals surface area contributed by atoms with Gasteiger partial charge >= 0.3 is 5.97 Å². The second-order valence-electron chi connectivity index (χ2n) is 13.7. The molecule has 0 heterocycles. The highest BCUT2D eigenvalue weighted by Crippen LogP contribution is 2.67. The number of carbonyl (C=O) groups excluding carboxylic acids is 1. The molecule has 4 rings (SSSR count). The highest BCUT2D eigenvalue weighted by Gasteiger charge is 2.59. The SMILES string of the molecule is CC(=O)OC1CCC2(C)C3CCC4(C)C(CCC4C(C)CCC(C)C(C)C)C3=CC[C@H]2[C@@H]1C. The summed E-state index contributed by atoms with van der Waals surface area (Å²) in [7, 11) is 0. The zero-order valence-corrected chi connectivity index (χ0v) is 23.0. The molecule has 0 saturated heterocycles. The summed E-state index contributed by atoms with van der Waals surface area (Å²) in [6.07, 6.45) is 14.7. The number of rotatable bonds is 6. The van der Waals surface area contributed by atoms with Crippen molar-refractivity contribution in [3.05, 3.63) is 11.6 Å². The van der Waals surface area contributed by atoms with E-state index < -0.39 is 0 Å². The number of hydrogen-bond acceptors (Lipinski definition) is 2. The summed E-state index contributed by atoms with van der Waals surface area (Å²) in [6, 6.07) is 0. The van der Waals surface area contributed by atoms with Crippen molar-refractivity contribution in [3.8, 4) is 0 Å². The van der Waals surface area contributed by atoms with Crippen LogP contribution in [0, 0.1) is 58.2 Å². The van der Waals surface area contributed by atoms with E-state index in [4.69, 9.17) is 4.74 Å². The van der Waals surface area contributed by atoms with Crippen LogP contribution in [0.25, 0.3) is 0 Å². The van der Waals surface area contributed by atoms with E-state index in [1.54, 1.807) is 6.92 Å². The van der Waals surface area contributed by atoms with Crippen LogP contribution < -0.4 is 0 Å². The number of carbonyl (C=O) groups is 1. The minimum Gasteiger partial charge on any atom is -0.462 e. The number of esters is 1. The molecule has 8 unspecified atom stereocenters. The summed E-state index contributed by atoms with van der Waals surface area (Å²) in [5.74, 6) is 5.98. The second kappa shape index (κ2) is 9.34. The van der Waals surface area contributed by atoms with E-state index in [1.165, 1.54) is 51.4 Å². The van der Waals surface area contributed by atoms with Gasteiger partial charge in [0.15, 0.2) is 0 Å². The number of fused-ring (bicyclic) bond motifs is 5. The molecule has 3 fully saturated rings. The lowest BCUT2D eigenvalue weighted by atomic mass is 9.46. The van der Waals surface area contributed by atoms with Gasteiger partial charge in [-0.25, -0.2) is 0 Å². The third kappa shape index (κ3) is 4.35. The van der Waals surface area contributed by atoms with Gasteiger partial charge in [0.2, 0.25) is 0 Å². The van der Waals surface area contributed by atoms with Gasteiger partial charge in [-0.1, -0.05) is 73.0 Å². The largest absolute Gasteiger partial charge is 0.462 e. The summed E-state index contributed by atoms with van der Waals surface area (Å²) in [5, 5.41) is 0. The maximum atomic E-state index is 11.7. The van der Waals surface area contributed by atoms with Crippen molar-refractivity contribution in [2.24, 2.45) is 58.2 Å². The summed E-state index contributed by atoms with van der Waals surface area (Å²) >= 11 is 0. The van der Waals surface area contributed by atoms with Gasteiger partial charge in [-0.3, -0.25) is 4.79 Å². The van der Waals surface area contributed by atoms with Crippen LogP contribution in [0.2, 0.25) is 0 Å². The Balaban J connectivity index is 1.50. The zero-order chi connectivity index (χ0) is 24.1. The Morgan fingerprint density at radius 2 is 1.67 bits per heavy atom. The van der Waals surface area contributed by atoms with Crippen LogP contribution in [-0.4, -0.2) is 12.1 Å². The molecule has 4 aliphatic carbocycles. The average Bonchev–Trinajstić information content (AvgIpc) is 3.11. The van der Waals surface area contributed by atoms with Crippen molar-refractivity contribution in [2.75, 3.05) is 0 Å². The van der Waals surface area contributed by atoms with Crippen molar-refractivity contribution >= 4 is 5.97 Å². The van der Waals surface area contributed by atoms with Gasteiger partial charge in [-0.05, 0) is 103 Å². The van der Waals surface area contributed by atoms with Crippen molar-refractivity contribution in [3.63, 3.8) is 0 Å². The smallest absolute Gasteiger partial charge is 0.302 e. The summed E-state index contributed by atoms with van der Waals surface area (Å²) in [4.78, 5) is 11.7. The van der Waals surface area contributed by atoms with Crippen molar-refractivity contribution in [2.45, 2.75) is 119 Å². The summed E-state index contributed by atoms with van der Waals surface area (Å²) in [6.45, 7) is 19.0. The molecular formula is C31H52O2. The molecule has 188 valence electrons. The number of allylic oxidation sites excluding steroid dienone is 2. The van der Waals surface area contributed by atoms with Crippen molar-refractivity contribution in [1.82, 2.24) is 0 Å². The van der Waals surface area contributed by atoms with Gasteiger partial charge in [-0.15, -0.1) is 0 Å². The predicted molar refractivity (Wildman–Crippen MR) is 138 cm³/mol. The van der Waals surface area contributed by atoms with Crippen LogP contribution >= 0.6 is 0 Å². The highest BCUT2D eigenvalue weighted by atomic mass is 16.5. The first-order valence-corrected chi connectivity index (χ1v) is 14.4. The predicted octanol–water partition coefficient (Wildman–Crippen LogP) is 8.45. The molecule has 0 aromatic rings. The highest BCUT2D eigenvalue weighted by molar-refractivity contribution is 5.66. The quantitative estimate of drug-likeness (QED) is 0.296. The van der Waals surface area contributed by atoms with E-state index in [0.717, 1.165) is 41.9 Å². The molecule has 0 spiro atoms. The minimum atomic E-state index is -0.107.